The number of pyridine rings is 1. The first kappa shape index (κ1) is 20.0. The van der Waals surface area contributed by atoms with Crippen LogP contribution >= 0.6 is 0 Å². The molecule has 5 rings (SSSR count). The van der Waals surface area contributed by atoms with Gasteiger partial charge >= 0.3 is 0 Å². The number of aromatic nitrogens is 6. The summed E-state index contributed by atoms with van der Waals surface area (Å²) in [7, 11) is 3.54. The van der Waals surface area contributed by atoms with Gasteiger partial charge in [0.1, 0.15) is 11.5 Å². The second-order valence-electron chi connectivity index (χ2n) is 8.15. The average molecular weight is 428 g/mol. The van der Waals surface area contributed by atoms with Gasteiger partial charge < -0.3 is 9.47 Å². The molecule has 4 aromatic heterocycles. The molecule has 0 aliphatic rings. The number of hydrogen-bond acceptors (Lipinski definition) is 4. The number of hydrogen-bond donors (Lipinski definition) is 0. The van der Waals surface area contributed by atoms with Crippen LogP contribution in [0.2, 0.25) is 0 Å². The van der Waals surface area contributed by atoms with E-state index >= 15 is 0 Å². The maximum absolute atomic E-state index is 12.0. The number of rotatable bonds is 6. The topological polar surface area (TPSA) is 73.2 Å². The summed E-state index contributed by atoms with van der Waals surface area (Å²) in [5.41, 5.74) is 6.06. The van der Waals surface area contributed by atoms with Crippen molar-refractivity contribution in [3.8, 4) is 11.4 Å². The number of fused-ring (bicyclic) bond motifs is 3. The van der Waals surface area contributed by atoms with E-state index in [9.17, 15) is 4.79 Å². The molecule has 8 nitrogen and oxygen atoms in total. The summed E-state index contributed by atoms with van der Waals surface area (Å²) in [5.74, 6) is 0.937. The van der Waals surface area contributed by atoms with E-state index in [1.807, 2.05) is 36.0 Å². The van der Waals surface area contributed by atoms with Crippen molar-refractivity contribution in [1.29, 1.82) is 0 Å². The van der Waals surface area contributed by atoms with E-state index in [1.165, 1.54) is 5.56 Å². The third-order valence-electron chi connectivity index (χ3n) is 5.74. The van der Waals surface area contributed by atoms with Gasteiger partial charge in [-0.1, -0.05) is 30.3 Å². The summed E-state index contributed by atoms with van der Waals surface area (Å²) in [6.45, 7) is 3.23. The fraction of sp³-hybridized carbons (Fsp3) is 0.250. The highest BCUT2D eigenvalue weighted by molar-refractivity contribution is 5.86. The SMILES string of the molecule is Cc1nnc2ccc3c(cc(-c4ccn(CCC(=O)N(C)C)n4)n3Cc3ccccc3)n12. The number of benzene rings is 1. The lowest BCUT2D eigenvalue weighted by atomic mass is 10.2. The van der Waals surface area contributed by atoms with Crippen LogP contribution in [0, 0.1) is 6.92 Å². The summed E-state index contributed by atoms with van der Waals surface area (Å²) >= 11 is 0. The number of carbonyl (C=O) groups excluding carboxylic acids is 1. The molecule has 162 valence electrons. The van der Waals surface area contributed by atoms with Crippen LogP contribution in [0.1, 0.15) is 17.8 Å². The predicted octanol–water partition coefficient (Wildman–Crippen LogP) is 3.38. The number of carbonyl (C=O) groups is 1. The number of amides is 1. The molecular formula is C24H25N7O. The van der Waals surface area contributed by atoms with Gasteiger partial charge in [-0.05, 0) is 36.8 Å². The number of nitrogens with zero attached hydrogens (tertiary/aromatic N) is 7. The molecule has 1 aromatic carbocycles. The quantitative estimate of drug-likeness (QED) is 0.416. The first-order valence-electron chi connectivity index (χ1n) is 10.6. The third-order valence-corrected chi connectivity index (χ3v) is 5.74. The molecule has 0 spiro atoms. The van der Waals surface area contributed by atoms with E-state index in [2.05, 4.69) is 55.6 Å². The van der Waals surface area contributed by atoms with Gasteiger partial charge in [0.2, 0.25) is 5.91 Å². The van der Waals surface area contributed by atoms with Crippen molar-refractivity contribution in [2.75, 3.05) is 14.1 Å². The molecule has 0 radical (unpaired) electrons. The lowest BCUT2D eigenvalue weighted by Gasteiger charge is -2.11. The molecule has 4 heterocycles. The molecule has 0 bridgehead atoms. The Bertz CT molecular complexity index is 1410. The van der Waals surface area contributed by atoms with E-state index in [4.69, 9.17) is 5.10 Å². The first-order valence-corrected chi connectivity index (χ1v) is 10.6. The van der Waals surface area contributed by atoms with E-state index in [1.54, 1.807) is 19.0 Å². The van der Waals surface area contributed by atoms with Crippen molar-refractivity contribution in [3.05, 3.63) is 72.2 Å². The minimum Gasteiger partial charge on any atom is -0.349 e. The highest BCUT2D eigenvalue weighted by Gasteiger charge is 2.17. The zero-order valence-electron chi connectivity index (χ0n) is 18.4. The Morgan fingerprint density at radius 2 is 1.81 bits per heavy atom. The van der Waals surface area contributed by atoms with Crippen molar-refractivity contribution in [3.63, 3.8) is 0 Å². The molecule has 0 saturated carbocycles. The Hall–Kier alpha value is -3.94. The minimum atomic E-state index is 0.0886. The Labute approximate surface area is 185 Å². The summed E-state index contributed by atoms with van der Waals surface area (Å²) in [5, 5.41) is 13.3. The van der Waals surface area contributed by atoms with Crippen molar-refractivity contribution in [1.82, 2.24) is 33.8 Å². The van der Waals surface area contributed by atoms with Gasteiger partial charge in [0, 0.05) is 39.8 Å². The van der Waals surface area contributed by atoms with Crippen molar-refractivity contribution in [2.45, 2.75) is 26.4 Å². The molecule has 8 heteroatoms. The van der Waals surface area contributed by atoms with Crippen LogP contribution in [0.4, 0.5) is 0 Å². The van der Waals surface area contributed by atoms with Crippen LogP contribution in [0.15, 0.2) is 60.8 Å². The second-order valence-corrected chi connectivity index (χ2v) is 8.15. The zero-order chi connectivity index (χ0) is 22.2. The van der Waals surface area contributed by atoms with Crippen LogP contribution < -0.4 is 0 Å². The van der Waals surface area contributed by atoms with Crippen molar-refractivity contribution < 1.29 is 4.79 Å². The minimum absolute atomic E-state index is 0.0886. The molecule has 0 fully saturated rings. The predicted molar refractivity (Wildman–Crippen MR) is 123 cm³/mol. The zero-order valence-corrected chi connectivity index (χ0v) is 18.4. The van der Waals surface area contributed by atoms with Gasteiger partial charge in [-0.3, -0.25) is 13.9 Å². The van der Waals surface area contributed by atoms with Crippen LogP contribution in [0.3, 0.4) is 0 Å². The maximum atomic E-state index is 12.0. The molecule has 0 N–H and O–H groups in total. The third kappa shape index (κ3) is 3.53. The van der Waals surface area contributed by atoms with Crippen LogP contribution in [-0.2, 0) is 17.9 Å². The smallest absolute Gasteiger partial charge is 0.223 e. The first-order chi connectivity index (χ1) is 15.5. The van der Waals surface area contributed by atoms with E-state index in [0.717, 1.165) is 40.4 Å². The van der Waals surface area contributed by atoms with Crippen molar-refractivity contribution >= 4 is 22.6 Å². The molecule has 0 unspecified atom stereocenters. The summed E-state index contributed by atoms with van der Waals surface area (Å²) in [6.07, 6.45) is 2.35. The normalized spacial score (nSPS) is 11.5. The van der Waals surface area contributed by atoms with E-state index < -0.39 is 0 Å². The average Bonchev–Trinajstić information content (AvgIpc) is 3.50. The monoisotopic (exact) mass is 427 g/mol. The highest BCUT2D eigenvalue weighted by atomic mass is 16.2. The van der Waals surface area contributed by atoms with E-state index in [0.29, 0.717) is 13.0 Å². The molecule has 0 aliphatic heterocycles. The molecule has 0 aliphatic carbocycles. The van der Waals surface area contributed by atoms with Crippen molar-refractivity contribution in [2.24, 2.45) is 0 Å². The van der Waals surface area contributed by atoms with Crippen LogP contribution in [-0.4, -0.2) is 53.8 Å². The lowest BCUT2D eigenvalue weighted by molar-refractivity contribution is -0.128. The molecule has 0 atom stereocenters. The molecule has 1 amide bonds. The Morgan fingerprint density at radius 1 is 1.00 bits per heavy atom. The Morgan fingerprint density at radius 3 is 2.59 bits per heavy atom. The van der Waals surface area contributed by atoms with Gasteiger partial charge in [-0.15, -0.1) is 10.2 Å². The molecule has 0 saturated heterocycles. The molecule has 5 aromatic rings. The van der Waals surface area contributed by atoms with Crippen LogP contribution in [0.25, 0.3) is 28.1 Å². The maximum Gasteiger partial charge on any atom is 0.223 e. The molecular weight excluding hydrogens is 402 g/mol. The van der Waals surface area contributed by atoms with Gasteiger partial charge in [0.25, 0.3) is 0 Å². The van der Waals surface area contributed by atoms with Gasteiger partial charge in [-0.25, -0.2) is 0 Å². The Kier molecular flexibility index (Phi) is 4.97. The summed E-state index contributed by atoms with van der Waals surface area (Å²) < 4.78 is 6.19. The van der Waals surface area contributed by atoms with Gasteiger partial charge in [-0.2, -0.15) is 5.10 Å². The highest BCUT2D eigenvalue weighted by Crippen LogP contribution is 2.29. The molecule has 32 heavy (non-hydrogen) atoms. The van der Waals surface area contributed by atoms with Gasteiger partial charge in [0.15, 0.2) is 5.65 Å². The Balaban J connectivity index is 1.60. The largest absolute Gasteiger partial charge is 0.349 e. The summed E-state index contributed by atoms with van der Waals surface area (Å²) in [4.78, 5) is 13.6. The second kappa shape index (κ2) is 7.96. The number of aryl methyl sites for hydroxylation is 2. The van der Waals surface area contributed by atoms with Crippen LogP contribution in [0.5, 0.6) is 0 Å². The lowest BCUT2D eigenvalue weighted by Crippen LogP contribution is -2.22. The fourth-order valence-electron chi connectivity index (χ4n) is 4.05. The fourth-order valence-corrected chi connectivity index (χ4v) is 4.05. The summed E-state index contributed by atoms with van der Waals surface area (Å²) in [6, 6.07) is 18.6. The standard InChI is InChI=1S/C24H25N7O/c1-17-25-26-23-10-9-20-22(31(17)23)15-21(30(20)16-18-7-5-4-6-8-18)19-11-13-29(27-19)14-12-24(32)28(2)3/h4-11,13,15H,12,14,16H2,1-3H3. The van der Waals surface area contributed by atoms with E-state index in [-0.39, 0.29) is 5.91 Å². The van der Waals surface area contributed by atoms with Gasteiger partial charge in [0.05, 0.1) is 16.7 Å².